The van der Waals surface area contributed by atoms with Gasteiger partial charge in [0.05, 0.1) is 16.7 Å². The number of aromatic nitrogens is 1. The van der Waals surface area contributed by atoms with E-state index >= 15 is 0 Å². The number of hydrogen-bond acceptors (Lipinski definition) is 4. The average Bonchev–Trinajstić information content (AvgIpc) is 3.00. The predicted octanol–water partition coefficient (Wildman–Crippen LogP) is 1.78. The van der Waals surface area contributed by atoms with Crippen LogP contribution in [0.5, 0.6) is 0 Å². The average molecular weight is 280 g/mol. The number of carboxylic acid groups (broad SMARTS) is 1. The highest BCUT2D eigenvalue weighted by Gasteiger charge is 2.55. The number of aliphatic carboxylic acids is 1. The van der Waals surface area contributed by atoms with Gasteiger partial charge in [-0.15, -0.1) is 0 Å². The maximum absolute atomic E-state index is 12.4. The van der Waals surface area contributed by atoms with Gasteiger partial charge in [-0.3, -0.25) is 9.59 Å². The Kier molecular flexibility index (Phi) is 2.85. The Labute approximate surface area is 115 Å². The van der Waals surface area contributed by atoms with Gasteiger partial charge in [0.25, 0.3) is 5.91 Å². The summed E-state index contributed by atoms with van der Waals surface area (Å²) in [6, 6.07) is 0. The first-order valence-electron chi connectivity index (χ1n) is 6.48. The molecule has 0 radical (unpaired) electrons. The minimum absolute atomic E-state index is 0.0683. The zero-order valence-electron chi connectivity index (χ0n) is 10.8. The van der Waals surface area contributed by atoms with Crippen molar-refractivity contribution >= 4 is 23.4 Å². The van der Waals surface area contributed by atoms with Crippen molar-refractivity contribution < 1.29 is 14.7 Å². The molecule has 0 unspecified atom stereocenters. The smallest absolute Gasteiger partial charge is 0.311 e. The molecule has 1 N–H and O–H groups in total. The largest absolute Gasteiger partial charge is 0.481 e. The van der Waals surface area contributed by atoms with Crippen LogP contribution in [0.4, 0.5) is 0 Å². The fraction of sp³-hybridized carbons (Fsp3) is 0.615. The molecule has 0 bridgehead atoms. The molecule has 3 rings (SSSR count). The lowest BCUT2D eigenvalue weighted by Gasteiger charge is -2.23. The van der Waals surface area contributed by atoms with Crippen molar-refractivity contribution in [1.29, 1.82) is 0 Å². The second-order valence-electron chi connectivity index (χ2n) is 5.55. The second kappa shape index (κ2) is 4.30. The lowest BCUT2D eigenvalue weighted by molar-refractivity contribution is -0.149. The third-order valence-electron chi connectivity index (χ3n) is 4.56. The number of aryl methyl sites for hydroxylation is 1. The predicted molar refractivity (Wildman–Crippen MR) is 70.2 cm³/mol. The van der Waals surface area contributed by atoms with Crippen molar-refractivity contribution in [3.05, 3.63) is 16.6 Å². The van der Waals surface area contributed by atoms with Crippen LogP contribution in [-0.2, 0) is 4.79 Å². The molecule has 2 aliphatic rings. The number of carbonyl (C=O) groups is 2. The van der Waals surface area contributed by atoms with Gasteiger partial charge in [0.1, 0.15) is 0 Å². The molecule has 2 atom stereocenters. The highest BCUT2D eigenvalue weighted by atomic mass is 32.1. The van der Waals surface area contributed by atoms with Crippen LogP contribution in [0.1, 0.15) is 35.3 Å². The first kappa shape index (κ1) is 12.6. The fourth-order valence-electron chi connectivity index (χ4n) is 3.46. The standard InChI is InChI=1S/C13H16N2O3S/c1-8-10(6-19-14-8)11(16)15-5-9-3-2-4-13(9,7-15)12(17)18/h6,9H,2-5,7H2,1H3,(H,17,18)/t9-,13+/m0/s1. The van der Waals surface area contributed by atoms with E-state index in [2.05, 4.69) is 4.37 Å². The summed E-state index contributed by atoms with van der Waals surface area (Å²) < 4.78 is 4.11. The van der Waals surface area contributed by atoms with Crippen LogP contribution in [-0.4, -0.2) is 39.3 Å². The summed E-state index contributed by atoms with van der Waals surface area (Å²) in [6.07, 6.45) is 2.56. The van der Waals surface area contributed by atoms with Crippen LogP contribution in [0, 0.1) is 18.3 Å². The molecule has 0 aromatic carbocycles. The second-order valence-corrected chi connectivity index (χ2v) is 6.18. The van der Waals surface area contributed by atoms with E-state index in [0.717, 1.165) is 18.5 Å². The summed E-state index contributed by atoms with van der Waals surface area (Å²) in [6.45, 7) is 2.73. The molecule has 5 nitrogen and oxygen atoms in total. The number of likely N-dealkylation sites (tertiary alicyclic amines) is 1. The van der Waals surface area contributed by atoms with E-state index in [4.69, 9.17) is 0 Å². The molecule has 1 saturated heterocycles. The van der Waals surface area contributed by atoms with Crippen molar-refractivity contribution in [2.75, 3.05) is 13.1 Å². The van der Waals surface area contributed by atoms with Gasteiger partial charge in [0.2, 0.25) is 0 Å². The fourth-order valence-corrected chi connectivity index (χ4v) is 4.15. The maximum atomic E-state index is 12.4. The van der Waals surface area contributed by atoms with Crippen LogP contribution in [0.3, 0.4) is 0 Å². The van der Waals surface area contributed by atoms with Crippen molar-refractivity contribution in [1.82, 2.24) is 9.27 Å². The third-order valence-corrected chi connectivity index (χ3v) is 5.28. The first-order valence-corrected chi connectivity index (χ1v) is 7.32. The van der Waals surface area contributed by atoms with Crippen LogP contribution in [0.2, 0.25) is 0 Å². The van der Waals surface area contributed by atoms with Crippen molar-refractivity contribution in [2.24, 2.45) is 11.3 Å². The number of amides is 1. The highest BCUT2D eigenvalue weighted by molar-refractivity contribution is 7.03. The van der Waals surface area contributed by atoms with Crippen LogP contribution in [0.15, 0.2) is 5.38 Å². The Morgan fingerprint density at radius 1 is 1.58 bits per heavy atom. The van der Waals surface area contributed by atoms with Gasteiger partial charge in [-0.1, -0.05) is 6.42 Å². The Morgan fingerprint density at radius 2 is 2.37 bits per heavy atom. The summed E-state index contributed by atoms with van der Waals surface area (Å²) >= 11 is 1.27. The Morgan fingerprint density at radius 3 is 2.95 bits per heavy atom. The number of carbonyl (C=O) groups excluding carboxylic acids is 1. The number of hydrogen-bond donors (Lipinski definition) is 1. The molecule has 1 aromatic rings. The lowest BCUT2D eigenvalue weighted by atomic mass is 9.81. The molecule has 102 valence electrons. The molecule has 1 amide bonds. The Hall–Kier alpha value is -1.43. The summed E-state index contributed by atoms with van der Waals surface area (Å²) in [5, 5.41) is 11.3. The topological polar surface area (TPSA) is 70.5 Å². The van der Waals surface area contributed by atoms with E-state index in [-0.39, 0.29) is 11.8 Å². The van der Waals surface area contributed by atoms with Gasteiger partial charge < -0.3 is 10.0 Å². The molecule has 6 heteroatoms. The molecular formula is C13H16N2O3S. The number of fused-ring (bicyclic) bond motifs is 1. The van der Waals surface area contributed by atoms with Crippen LogP contribution in [0.25, 0.3) is 0 Å². The van der Waals surface area contributed by atoms with Crippen molar-refractivity contribution in [2.45, 2.75) is 26.2 Å². The molecule has 1 aliphatic carbocycles. The molecule has 0 spiro atoms. The summed E-state index contributed by atoms with van der Waals surface area (Å²) in [5.74, 6) is -0.701. The number of rotatable bonds is 2. The third kappa shape index (κ3) is 1.77. The van der Waals surface area contributed by atoms with Gasteiger partial charge in [0, 0.05) is 18.5 Å². The number of carboxylic acids is 1. The minimum atomic E-state index is -0.745. The van der Waals surface area contributed by atoms with Gasteiger partial charge in [-0.05, 0) is 37.2 Å². The van der Waals surface area contributed by atoms with Crippen molar-refractivity contribution in [3.8, 4) is 0 Å². The van der Waals surface area contributed by atoms with Crippen LogP contribution < -0.4 is 0 Å². The van der Waals surface area contributed by atoms with Gasteiger partial charge in [0.15, 0.2) is 0 Å². The van der Waals surface area contributed by atoms with E-state index < -0.39 is 11.4 Å². The zero-order valence-corrected chi connectivity index (χ0v) is 11.6. The summed E-state index contributed by atoms with van der Waals surface area (Å²) in [5.41, 5.74) is 0.648. The molecule has 1 aromatic heterocycles. The monoisotopic (exact) mass is 280 g/mol. The highest BCUT2D eigenvalue weighted by Crippen LogP contribution is 2.49. The van der Waals surface area contributed by atoms with Crippen molar-refractivity contribution in [3.63, 3.8) is 0 Å². The van der Waals surface area contributed by atoms with Crippen LogP contribution >= 0.6 is 11.5 Å². The van der Waals surface area contributed by atoms with Gasteiger partial charge in [-0.25, -0.2) is 0 Å². The normalized spacial score (nSPS) is 29.5. The molecule has 19 heavy (non-hydrogen) atoms. The van der Waals surface area contributed by atoms with E-state index in [1.165, 1.54) is 11.5 Å². The van der Waals surface area contributed by atoms with Gasteiger partial charge >= 0.3 is 5.97 Å². The van der Waals surface area contributed by atoms with E-state index in [0.29, 0.717) is 25.1 Å². The SMILES string of the molecule is Cc1nscc1C(=O)N1C[C@@H]2CCC[C@@]2(C(=O)O)C1. The summed E-state index contributed by atoms with van der Waals surface area (Å²) in [4.78, 5) is 25.7. The quantitative estimate of drug-likeness (QED) is 0.896. The first-order chi connectivity index (χ1) is 9.04. The van der Waals surface area contributed by atoms with E-state index in [1.54, 1.807) is 10.3 Å². The lowest BCUT2D eigenvalue weighted by Crippen LogP contribution is -2.37. The zero-order chi connectivity index (χ0) is 13.6. The molecule has 1 saturated carbocycles. The Bertz CT molecular complexity index is 542. The minimum Gasteiger partial charge on any atom is -0.481 e. The van der Waals surface area contributed by atoms with E-state index in [1.807, 2.05) is 6.92 Å². The molecule has 2 fully saturated rings. The van der Waals surface area contributed by atoms with E-state index in [9.17, 15) is 14.7 Å². The van der Waals surface area contributed by atoms with Gasteiger partial charge in [-0.2, -0.15) is 4.37 Å². The molecule has 2 heterocycles. The molecular weight excluding hydrogens is 264 g/mol. The number of nitrogens with zero attached hydrogens (tertiary/aromatic N) is 2. The molecule has 1 aliphatic heterocycles. The summed E-state index contributed by atoms with van der Waals surface area (Å²) in [7, 11) is 0. The maximum Gasteiger partial charge on any atom is 0.311 e. The Balaban J connectivity index is 1.85.